The molecular weight excluding hydrogens is 412 g/mol. The number of ether oxygens (including phenoxy) is 2. The number of benzene rings is 1. The number of aryl methyl sites for hydroxylation is 1. The minimum Gasteiger partial charge on any atom is -0.466 e. The van der Waals surface area contributed by atoms with E-state index in [1.807, 2.05) is 44.2 Å². The lowest BCUT2D eigenvalue weighted by Gasteiger charge is -2.30. The highest BCUT2D eigenvalue weighted by atomic mass is 16.6. The van der Waals surface area contributed by atoms with Gasteiger partial charge < -0.3 is 24.5 Å². The van der Waals surface area contributed by atoms with Gasteiger partial charge in [-0.3, -0.25) is 9.59 Å². The van der Waals surface area contributed by atoms with E-state index in [0.717, 1.165) is 5.56 Å². The van der Waals surface area contributed by atoms with E-state index >= 15 is 0 Å². The molecule has 2 N–H and O–H groups in total. The van der Waals surface area contributed by atoms with Gasteiger partial charge in [-0.05, 0) is 37.7 Å². The number of furan rings is 1. The fraction of sp³-hybridized carbons (Fsp3) is 0.458. The van der Waals surface area contributed by atoms with E-state index in [-0.39, 0.29) is 23.6 Å². The first-order valence-corrected chi connectivity index (χ1v) is 10.7. The molecule has 2 amide bonds. The second-order valence-electron chi connectivity index (χ2n) is 8.93. The van der Waals surface area contributed by atoms with E-state index in [1.165, 1.54) is 12.3 Å². The molecule has 8 heteroatoms. The lowest BCUT2D eigenvalue weighted by molar-refractivity contribution is -0.128. The fourth-order valence-electron chi connectivity index (χ4n) is 3.85. The molecule has 1 saturated heterocycles. The molecular formula is C24H30N2O6. The predicted molar refractivity (Wildman–Crippen MR) is 117 cm³/mol. The van der Waals surface area contributed by atoms with Gasteiger partial charge in [0.05, 0.1) is 12.4 Å². The van der Waals surface area contributed by atoms with E-state index in [2.05, 4.69) is 10.6 Å². The number of carbonyl (C=O) groups excluding carboxylic acids is 3. The minimum absolute atomic E-state index is 0.0362. The number of hydrogen-bond acceptors (Lipinski definition) is 6. The van der Waals surface area contributed by atoms with Crippen molar-refractivity contribution >= 4 is 17.8 Å². The highest BCUT2D eigenvalue weighted by molar-refractivity contribution is 5.94. The van der Waals surface area contributed by atoms with Crippen molar-refractivity contribution in [2.45, 2.75) is 58.7 Å². The summed E-state index contributed by atoms with van der Waals surface area (Å²) in [5, 5.41) is 5.40. The van der Waals surface area contributed by atoms with Crippen LogP contribution >= 0.6 is 0 Å². The van der Waals surface area contributed by atoms with E-state index in [0.29, 0.717) is 18.6 Å². The van der Waals surface area contributed by atoms with Crippen molar-refractivity contribution in [3.63, 3.8) is 0 Å². The summed E-state index contributed by atoms with van der Waals surface area (Å²) >= 11 is 0. The molecule has 0 radical (unpaired) electrons. The molecule has 3 atom stereocenters. The fourth-order valence-corrected chi connectivity index (χ4v) is 3.85. The minimum atomic E-state index is -0.908. The van der Waals surface area contributed by atoms with E-state index in [9.17, 15) is 14.4 Å². The number of amides is 2. The van der Waals surface area contributed by atoms with Crippen molar-refractivity contribution in [3.8, 4) is 5.75 Å². The second-order valence-corrected chi connectivity index (χ2v) is 8.93. The summed E-state index contributed by atoms with van der Waals surface area (Å²) in [4.78, 5) is 37.7. The van der Waals surface area contributed by atoms with Crippen LogP contribution in [0, 0.1) is 12.3 Å². The second kappa shape index (κ2) is 9.99. The topological polar surface area (TPSA) is 107 Å². The smallest absolute Gasteiger partial charge is 0.413 e. The molecule has 1 aliphatic rings. The van der Waals surface area contributed by atoms with Crippen molar-refractivity contribution in [2.75, 3.05) is 6.61 Å². The van der Waals surface area contributed by atoms with Crippen LogP contribution in [-0.4, -0.2) is 42.6 Å². The van der Waals surface area contributed by atoms with Crippen LogP contribution in [0.1, 0.15) is 38.5 Å². The normalized spacial score (nSPS) is 19.4. The number of rotatable bonds is 8. The van der Waals surface area contributed by atoms with Crippen molar-refractivity contribution in [3.05, 3.63) is 54.0 Å². The average molecular weight is 443 g/mol. The molecule has 2 heterocycles. The number of Topliss-reactive ketones (excluding diaryl/α,β-unsaturated/α-hetero) is 1. The highest BCUT2D eigenvalue weighted by Gasteiger charge is 2.37. The molecule has 1 aromatic carbocycles. The lowest BCUT2D eigenvalue weighted by atomic mass is 9.80. The first kappa shape index (κ1) is 23.5. The number of hydrogen-bond donors (Lipinski definition) is 2. The summed E-state index contributed by atoms with van der Waals surface area (Å²) < 4.78 is 15.8. The van der Waals surface area contributed by atoms with Crippen molar-refractivity contribution in [2.24, 2.45) is 5.41 Å². The largest absolute Gasteiger partial charge is 0.466 e. The Balaban J connectivity index is 1.73. The van der Waals surface area contributed by atoms with Gasteiger partial charge in [0.25, 0.3) is 0 Å². The molecule has 3 rings (SSSR count). The number of carbonyl (C=O) groups is 3. The Hall–Kier alpha value is -3.13. The van der Waals surface area contributed by atoms with Crippen LogP contribution in [0.3, 0.4) is 0 Å². The van der Waals surface area contributed by atoms with Crippen molar-refractivity contribution in [1.29, 1.82) is 0 Å². The molecule has 1 aromatic heterocycles. The molecule has 0 saturated carbocycles. The number of ketones is 1. The van der Waals surface area contributed by atoms with Gasteiger partial charge in [0, 0.05) is 6.07 Å². The van der Waals surface area contributed by atoms with Crippen LogP contribution in [-0.2, 0) is 20.7 Å². The molecule has 32 heavy (non-hydrogen) atoms. The Bertz CT molecular complexity index is 952. The Morgan fingerprint density at radius 2 is 1.94 bits per heavy atom. The SMILES string of the molecule is Cc1occc1OC(=O)N[C@@H](CC(C)(C)Cc1ccccc1)C(=O)N[C@@H]1C(=O)CO[C@H]1C. The predicted octanol–water partition coefficient (Wildman–Crippen LogP) is 3.18. The summed E-state index contributed by atoms with van der Waals surface area (Å²) in [5.74, 6) is 0.0822. The summed E-state index contributed by atoms with van der Waals surface area (Å²) in [6, 6.07) is 9.80. The molecule has 1 fully saturated rings. The van der Waals surface area contributed by atoms with Gasteiger partial charge in [0.15, 0.2) is 11.5 Å². The summed E-state index contributed by atoms with van der Waals surface area (Å²) in [5.41, 5.74) is 0.797. The zero-order valence-corrected chi connectivity index (χ0v) is 18.8. The standard InChI is InChI=1S/C24H30N2O6/c1-15-20(10-11-30-15)32-23(29)25-18(22(28)26-21-16(2)31-14-19(21)27)13-24(3,4)12-17-8-6-5-7-9-17/h5-11,16,18,21H,12-14H2,1-4H3,(H,25,29)(H,26,28)/t16-,18-,21-/m0/s1. The first-order valence-electron chi connectivity index (χ1n) is 10.7. The maximum atomic E-state index is 13.1. The van der Waals surface area contributed by atoms with Gasteiger partial charge in [-0.15, -0.1) is 0 Å². The zero-order valence-electron chi connectivity index (χ0n) is 18.8. The van der Waals surface area contributed by atoms with Crippen LogP contribution in [0.25, 0.3) is 0 Å². The zero-order chi connectivity index (χ0) is 23.3. The molecule has 0 spiro atoms. The first-order chi connectivity index (χ1) is 15.1. The van der Waals surface area contributed by atoms with Gasteiger partial charge in [-0.1, -0.05) is 44.2 Å². The molecule has 172 valence electrons. The third-order valence-electron chi connectivity index (χ3n) is 5.51. The van der Waals surface area contributed by atoms with Crippen LogP contribution in [0.4, 0.5) is 4.79 Å². The number of nitrogens with one attached hydrogen (secondary N) is 2. The molecule has 0 bridgehead atoms. The van der Waals surface area contributed by atoms with Gasteiger partial charge >= 0.3 is 6.09 Å². The molecule has 0 aliphatic carbocycles. The van der Waals surface area contributed by atoms with Gasteiger partial charge in [0.1, 0.15) is 24.5 Å². The molecule has 8 nitrogen and oxygen atoms in total. The van der Waals surface area contributed by atoms with Crippen LogP contribution in [0.5, 0.6) is 5.75 Å². The maximum Gasteiger partial charge on any atom is 0.413 e. The molecule has 1 aliphatic heterocycles. The highest BCUT2D eigenvalue weighted by Crippen LogP contribution is 2.28. The Labute approximate surface area is 187 Å². The Morgan fingerprint density at radius 3 is 2.53 bits per heavy atom. The van der Waals surface area contributed by atoms with E-state index < -0.39 is 30.2 Å². The average Bonchev–Trinajstić information content (AvgIpc) is 3.27. The summed E-state index contributed by atoms with van der Waals surface area (Å²) in [7, 11) is 0. The van der Waals surface area contributed by atoms with Crippen LogP contribution < -0.4 is 15.4 Å². The summed E-state index contributed by atoms with van der Waals surface area (Å²) in [6.45, 7) is 7.42. The third kappa shape index (κ3) is 6.20. The third-order valence-corrected chi connectivity index (χ3v) is 5.51. The lowest BCUT2D eigenvalue weighted by Crippen LogP contribution is -2.54. The summed E-state index contributed by atoms with van der Waals surface area (Å²) in [6.07, 6.45) is 1.26. The maximum absolute atomic E-state index is 13.1. The quantitative estimate of drug-likeness (QED) is 0.650. The van der Waals surface area contributed by atoms with Crippen LogP contribution in [0.2, 0.25) is 0 Å². The van der Waals surface area contributed by atoms with Crippen molar-refractivity contribution < 1.29 is 28.3 Å². The van der Waals surface area contributed by atoms with E-state index in [1.54, 1.807) is 13.8 Å². The molecule has 0 unspecified atom stereocenters. The van der Waals surface area contributed by atoms with Gasteiger partial charge in [-0.25, -0.2) is 4.79 Å². The molecule has 2 aromatic rings. The van der Waals surface area contributed by atoms with Gasteiger partial charge in [-0.2, -0.15) is 0 Å². The van der Waals surface area contributed by atoms with Crippen molar-refractivity contribution in [1.82, 2.24) is 10.6 Å². The van der Waals surface area contributed by atoms with Crippen LogP contribution in [0.15, 0.2) is 47.1 Å². The Morgan fingerprint density at radius 1 is 1.22 bits per heavy atom. The Kier molecular flexibility index (Phi) is 7.35. The van der Waals surface area contributed by atoms with E-state index in [4.69, 9.17) is 13.9 Å². The monoisotopic (exact) mass is 442 g/mol. The van der Waals surface area contributed by atoms with Gasteiger partial charge in [0.2, 0.25) is 5.91 Å².